The maximum atomic E-state index is 13.7. The van der Waals surface area contributed by atoms with Gasteiger partial charge >= 0.3 is 5.88 Å². The molecule has 0 aliphatic carbocycles. The van der Waals surface area contributed by atoms with E-state index < -0.39 is 28.3 Å². The van der Waals surface area contributed by atoms with Gasteiger partial charge in [0.1, 0.15) is 22.4 Å². The minimum atomic E-state index is -0.742. The average molecular weight is 409 g/mol. The molecular formula is C17H13F2N3O5S. The Hall–Kier alpha value is -3.08. The number of hydrogen-bond acceptors (Lipinski definition) is 7. The number of furan rings is 1. The number of aromatic nitrogens is 1. The van der Waals surface area contributed by atoms with Crippen LogP contribution in [-0.4, -0.2) is 39.9 Å². The van der Waals surface area contributed by atoms with E-state index >= 15 is 0 Å². The lowest BCUT2D eigenvalue weighted by atomic mass is 10.1. The summed E-state index contributed by atoms with van der Waals surface area (Å²) in [5, 5.41) is 10.9. The Balaban J connectivity index is 1.38. The van der Waals surface area contributed by atoms with Crippen molar-refractivity contribution in [2.24, 2.45) is 0 Å². The normalized spacial score (nSPS) is 15.1. The van der Waals surface area contributed by atoms with Gasteiger partial charge in [-0.1, -0.05) is 11.3 Å². The number of carbonyl (C=O) groups is 1. The van der Waals surface area contributed by atoms with E-state index in [0.717, 1.165) is 23.5 Å². The van der Waals surface area contributed by atoms with Gasteiger partial charge in [-0.15, -0.1) is 0 Å². The quantitative estimate of drug-likeness (QED) is 0.481. The number of likely N-dealkylation sites (tertiary alicyclic amines) is 1. The fourth-order valence-electron chi connectivity index (χ4n) is 3.00. The van der Waals surface area contributed by atoms with Crippen LogP contribution in [0.3, 0.4) is 0 Å². The van der Waals surface area contributed by atoms with Gasteiger partial charge in [-0.05, 0) is 12.1 Å². The number of nitro groups is 1. The monoisotopic (exact) mass is 409 g/mol. The number of rotatable bonds is 4. The van der Waals surface area contributed by atoms with E-state index in [1.54, 1.807) is 0 Å². The first kappa shape index (κ1) is 18.3. The lowest BCUT2D eigenvalue weighted by molar-refractivity contribution is -0.402. The predicted molar refractivity (Wildman–Crippen MR) is 94.5 cm³/mol. The first-order valence-electron chi connectivity index (χ1n) is 8.36. The fourth-order valence-corrected chi connectivity index (χ4v) is 3.92. The summed E-state index contributed by atoms with van der Waals surface area (Å²) in [6, 6.07) is 4.39. The topological polar surface area (TPSA) is 98.7 Å². The zero-order valence-corrected chi connectivity index (χ0v) is 15.1. The third-order valence-corrected chi connectivity index (χ3v) is 5.27. The highest BCUT2D eigenvalue weighted by Crippen LogP contribution is 2.32. The Morgan fingerprint density at radius 1 is 1.32 bits per heavy atom. The molecule has 0 saturated carbocycles. The van der Waals surface area contributed by atoms with Gasteiger partial charge in [0.15, 0.2) is 11.6 Å². The zero-order valence-electron chi connectivity index (χ0n) is 14.3. The van der Waals surface area contributed by atoms with Gasteiger partial charge in [-0.3, -0.25) is 14.9 Å². The molecule has 1 amide bonds. The number of thiazole rings is 1. The van der Waals surface area contributed by atoms with Crippen molar-refractivity contribution < 1.29 is 27.7 Å². The number of fused-ring (bicyclic) bond motifs is 1. The molecule has 1 aromatic carbocycles. The Bertz CT molecular complexity index is 1060. The van der Waals surface area contributed by atoms with Crippen LogP contribution in [-0.2, 0) is 0 Å². The summed E-state index contributed by atoms with van der Waals surface area (Å²) in [6.07, 6.45) is 0.770. The van der Waals surface area contributed by atoms with E-state index in [-0.39, 0.29) is 22.6 Å². The van der Waals surface area contributed by atoms with E-state index in [2.05, 4.69) is 4.98 Å². The molecule has 0 radical (unpaired) electrons. The first-order valence-corrected chi connectivity index (χ1v) is 9.18. The predicted octanol–water partition coefficient (Wildman–Crippen LogP) is 3.76. The SMILES string of the molecule is O=C(c1ccc([N+](=O)[O-])o1)N1CCC(Oc2nc3c(F)cc(F)cc3s2)CC1. The number of ether oxygens (including phenoxy) is 1. The maximum absolute atomic E-state index is 13.7. The number of amides is 1. The summed E-state index contributed by atoms with van der Waals surface area (Å²) in [7, 11) is 0. The third kappa shape index (κ3) is 3.52. The molecule has 0 bridgehead atoms. The van der Waals surface area contributed by atoms with E-state index in [4.69, 9.17) is 9.15 Å². The molecule has 0 N–H and O–H groups in total. The molecule has 146 valence electrons. The highest BCUT2D eigenvalue weighted by Gasteiger charge is 2.28. The summed E-state index contributed by atoms with van der Waals surface area (Å²) in [6.45, 7) is 0.734. The second-order valence-corrected chi connectivity index (χ2v) is 7.21. The molecule has 1 fully saturated rings. The van der Waals surface area contributed by atoms with Crippen molar-refractivity contribution in [2.45, 2.75) is 18.9 Å². The second-order valence-electron chi connectivity index (χ2n) is 6.22. The first-order chi connectivity index (χ1) is 13.4. The van der Waals surface area contributed by atoms with Crippen molar-refractivity contribution in [1.29, 1.82) is 0 Å². The van der Waals surface area contributed by atoms with Crippen molar-refractivity contribution in [1.82, 2.24) is 9.88 Å². The van der Waals surface area contributed by atoms with Crippen molar-refractivity contribution in [3.63, 3.8) is 0 Å². The molecule has 8 nitrogen and oxygen atoms in total. The second kappa shape index (κ2) is 7.15. The molecule has 3 heterocycles. The fraction of sp³-hybridized carbons (Fsp3) is 0.294. The standard InChI is InChI=1S/C17H13F2N3O5S/c18-9-7-11(19)15-13(8-9)28-17(20-15)26-10-3-5-21(6-4-10)16(23)12-1-2-14(27-12)22(24)25/h1-2,7-8,10H,3-6H2. The molecular weight excluding hydrogens is 396 g/mol. The molecule has 1 aliphatic heterocycles. The Kier molecular flexibility index (Phi) is 4.67. The summed E-state index contributed by atoms with van der Waals surface area (Å²) in [5.41, 5.74) is 0.0634. The van der Waals surface area contributed by atoms with Crippen LogP contribution >= 0.6 is 11.3 Å². The van der Waals surface area contributed by atoms with E-state index in [1.165, 1.54) is 17.0 Å². The van der Waals surface area contributed by atoms with Gasteiger partial charge in [-0.2, -0.15) is 4.98 Å². The van der Waals surface area contributed by atoms with Gasteiger partial charge < -0.3 is 14.1 Å². The van der Waals surface area contributed by atoms with Crippen LogP contribution in [0, 0.1) is 21.7 Å². The molecule has 0 unspecified atom stereocenters. The van der Waals surface area contributed by atoms with Crippen LogP contribution in [0.1, 0.15) is 23.4 Å². The number of halogens is 2. The minimum Gasteiger partial charge on any atom is -0.467 e. The molecule has 2 aromatic heterocycles. The molecule has 1 aliphatic rings. The molecule has 0 spiro atoms. The molecule has 3 aromatic rings. The Labute approximate surface area is 160 Å². The van der Waals surface area contributed by atoms with Crippen LogP contribution in [0.2, 0.25) is 0 Å². The molecule has 28 heavy (non-hydrogen) atoms. The summed E-state index contributed by atoms with van der Waals surface area (Å²) in [4.78, 5) is 27.9. The maximum Gasteiger partial charge on any atom is 0.433 e. The van der Waals surface area contributed by atoms with Gasteiger partial charge in [0.05, 0.1) is 10.8 Å². The van der Waals surface area contributed by atoms with Crippen molar-refractivity contribution in [3.05, 3.63) is 51.8 Å². The van der Waals surface area contributed by atoms with Gasteiger partial charge in [0, 0.05) is 32.0 Å². The molecule has 11 heteroatoms. The van der Waals surface area contributed by atoms with Crippen molar-refractivity contribution in [3.8, 4) is 5.19 Å². The number of nitrogens with zero attached hydrogens (tertiary/aromatic N) is 3. The number of carbonyl (C=O) groups excluding carboxylic acids is 1. The highest BCUT2D eigenvalue weighted by atomic mass is 32.1. The summed E-state index contributed by atoms with van der Waals surface area (Å²) >= 11 is 1.06. The van der Waals surface area contributed by atoms with E-state index in [0.29, 0.717) is 30.6 Å². The molecule has 1 saturated heterocycles. The lowest BCUT2D eigenvalue weighted by Gasteiger charge is -2.30. The molecule has 0 atom stereocenters. The zero-order chi connectivity index (χ0) is 19.8. The van der Waals surface area contributed by atoms with Gasteiger partial charge in [0.2, 0.25) is 0 Å². The van der Waals surface area contributed by atoms with Crippen molar-refractivity contribution in [2.75, 3.05) is 13.1 Å². The largest absolute Gasteiger partial charge is 0.467 e. The van der Waals surface area contributed by atoms with Crippen molar-refractivity contribution >= 4 is 33.3 Å². The Morgan fingerprint density at radius 3 is 2.75 bits per heavy atom. The van der Waals surface area contributed by atoms with Gasteiger partial charge in [-0.25, -0.2) is 8.78 Å². The van der Waals surface area contributed by atoms with Crippen LogP contribution in [0.25, 0.3) is 10.2 Å². The van der Waals surface area contributed by atoms with Crippen LogP contribution in [0.5, 0.6) is 5.19 Å². The number of piperidine rings is 1. The van der Waals surface area contributed by atoms with Gasteiger partial charge in [0.25, 0.3) is 11.1 Å². The highest BCUT2D eigenvalue weighted by molar-refractivity contribution is 7.20. The minimum absolute atomic E-state index is 0.0634. The average Bonchev–Trinajstić information content (AvgIpc) is 3.29. The van der Waals surface area contributed by atoms with E-state index in [1.807, 2.05) is 0 Å². The number of benzene rings is 1. The Morgan fingerprint density at radius 2 is 2.07 bits per heavy atom. The summed E-state index contributed by atoms with van der Waals surface area (Å²) in [5.74, 6) is -2.42. The van der Waals surface area contributed by atoms with Crippen LogP contribution in [0.4, 0.5) is 14.7 Å². The van der Waals surface area contributed by atoms with Crippen LogP contribution in [0.15, 0.2) is 28.7 Å². The third-order valence-electron chi connectivity index (χ3n) is 4.37. The lowest BCUT2D eigenvalue weighted by Crippen LogP contribution is -2.41. The number of hydrogen-bond donors (Lipinski definition) is 0. The van der Waals surface area contributed by atoms with E-state index in [9.17, 15) is 23.7 Å². The smallest absolute Gasteiger partial charge is 0.433 e. The van der Waals surface area contributed by atoms with Crippen LogP contribution < -0.4 is 4.74 Å². The molecule has 4 rings (SSSR count). The summed E-state index contributed by atoms with van der Waals surface area (Å²) < 4.78 is 38.1.